The maximum absolute atomic E-state index is 12.9. The quantitative estimate of drug-likeness (QED) is 0.412. The summed E-state index contributed by atoms with van der Waals surface area (Å²) >= 11 is 0. The van der Waals surface area contributed by atoms with E-state index in [0.29, 0.717) is 22.6 Å². The van der Waals surface area contributed by atoms with Crippen LogP contribution in [-0.2, 0) is 6.18 Å². The maximum atomic E-state index is 12.9. The van der Waals surface area contributed by atoms with Gasteiger partial charge < -0.3 is 10.1 Å². The normalized spacial score (nSPS) is 11.2. The number of hydrogen-bond donors (Lipinski definition) is 1. The Morgan fingerprint density at radius 3 is 2.50 bits per heavy atom. The van der Waals surface area contributed by atoms with E-state index in [2.05, 4.69) is 25.3 Å². The number of pyridine rings is 2. The van der Waals surface area contributed by atoms with E-state index in [9.17, 15) is 18.0 Å². The van der Waals surface area contributed by atoms with Gasteiger partial charge in [-0.05, 0) is 49.2 Å². The van der Waals surface area contributed by atoms with Crippen molar-refractivity contribution in [1.82, 2.24) is 19.9 Å². The Balaban J connectivity index is 1.53. The van der Waals surface area contributed by atoms with Crippen LogP contribution in [0.3, 0.4) is 0 Å². The van der Waals surface area contributed by atoms with Crippen LogP contribution in [0.1, 0.15) is 27.2 Å². The van der Waals surface area contributed by atoms with Gasteiger partial charge >= 0.3 is 6.18 Å². The lowest BCUT2D eigenvalue weighted by Gasteiger charge is -2.11. The van der Waals surface area contributed by atoms with Crippen molar-refractivity contribution in [3.63, 3.8) is 0 Å². The zero-order chi connectivity index (χ0) is 24.3. The molecular weight excluding hydrogens is 447 g/mol. The second-order valence-corrected chi connectivity index (χ2v) is 7.37. The van der Waals surface area contributed by atoms with Crippen LogP contribution in [0.4, 0.5) is 19.0 Å². The number of aryl methyl sites for hydroxylation is 2. The summed E-state index contributed by atoms with van der Waals surface area (Å²) in [5.41, 5.74) is 2.18. The van der Waals surface area contributed by atoms with E-state index in [4.69, 9.17) is 4.74 Å². The predicted octanol–water partition coefficient (Wildman–Crippen LogP) is 5.61. The fourth-order valence-electron chi connectivity index (χ4n) is 3.11. The Morgan fingerprint density at radius 1 is 0.971 bits per heavy atom. The van der Waals surface area contributed by atoms with Crippen LogP contribution in [0, 0.1) is 13.8 Å². The molecule has 0 saturated heterocycles. The molecule has 4 aromatic rings. The van der Waals surface area contributed by atoms with Crippen molar-refractivity contribution < 1.29 is 22.7 Å². The van der Waals surface area contributed by atoms with Crippen LogP contribution in [-0.4, -0.2) is 25.8 Å². The van der Waals surface area contributed by atoms with Crippen molar-refractivity contribution in [3.8, 4) is 22.9 Å². The summed E-state index contributed by atoms with van der Waals surface area (Å²) in [6, 6.07) is 10.2. The molecule has 1 amide bonds. The molecule has 1 N–H and O–H groups in total. The van der Waals surface area contributed by atoms with E-state index in [1.165, 1.54) is 30.7 Å². The minimum Gasteiger partial charge on any atom is -0.439 e. The van der Waals surface area contributed by atoms with Gasteiger partial charge in [0.25, 0.3) is 5.91 Å². The minimum atomic E-state index is -4.57. The van der Waals surface area contributed by atoms with Crippen molar-refractivity contribution in [2.45, 2.75) is 20.0 Å². The van der Waals surface area contributed by atoms with Crippen molar-refractivity contribution in [2.24, 2.45) is 0 Å². The number of nitrogens with one attached hydrogen (secondary N) is 1. The number of nitrogens with zero attached hydrogens (tertiary/aromatic N) is 4. The molecule has 0 radical (unpaired) electrons. The Morgan fingerprint density at radius 2 is 1.79 bits per heavy atom. The molecule has 10 heteroatoms. The van der Waals surface area contributed by atoms with Crippen molar-refractivity contribution in [2.75, 3.05) is 5.32 Å². The molecule has 0 bridgehead atoms. The number of rotatable bonds is 5. The Hall–Kier alpha value is -4.34. The number of anilines is 1. The Bertz CT molecular complexity index is 1340. The van der Waals surface area contributed by atoms with Gasteiger partial charge in [0.2, 0.25) is 5.88 Å². The lowest BCUT2D eigenvalue weighted by Crippen LogP contribution is -2.14. The lowest BCUT2D eigenvalue weighted by molar-refractivity contribution is -0.141. The molecule has 3 heterocycles. The number of carbonyl (C=O) groups is 1. The second kappa shape index (κ2) is 9.26. The molecule has 1 aromatic carbocycles. The molecule has 172 valence electrons. The number of halogens is 3. The van der Waals surface area contributed by atoms with Gasteiger partial charge in [-0.1, -0.05) is 12.1 Å². The Kier molecular flexibility index (Phi) is 6.22. The molecule has 4 rings (SSSR count). The van der Waals surface area contributed by atoms with Gasteiger partial charge in [-0.2, -0.15) is 13.2 Å². The molecule has 0 unspecified atom stereocenters. The summed E-state index contributed by atoms with van der Waals surface area (Å²) in [4.78, 5) is 28.5. The zero-order valence-corrected chi connectivity index (χ0v) is 18.1. The van der Waals surface area contributed by atoms with E-state index >= 15 is 0 Å². The van der Waals surface area contributed by atoms with Crippen LogP contribution in [0.25, 0.3) is 11.3 Å². The maximum Gasteiger partial charge on any atom is 0.433 e. The van der Waals surface area contributed by atoms with Crippen LogP contribution < -0.4 is 10.1 Å². The van der Waals surface area contributed by atoms with Gasteiger partial charge in [-0.25, -0.2) is 9.97 Å². The topological polar surface area (TPSA) is 89.9 Å². The average Bonchev–Trinajstić information content (AvgIpc) is 2.81. The van der Waals surface area contributed by atoms with Gasteiger partial charge in [0, 0.05) is 24.0 Å². The third kappa shape index (κ3) is 5.17. The molecule has 0 fully saturated rings. The number of ether oxygens (including phenoxy) is 1. The summed E-state index contributed by atoms with van der Waals surface area (Å²) in [6.07, 6.45) is 1.41. The number of alkyl halides is 3. The number of hydrogen-bond acceptors (Lipinski definition) is 6. The standard InChI is InChI=1S/C24H18F3N5O2/c1-14-6-7-16(34-22-5-3-4-20(31-22)24(25,26)27)10-17(14)19-12-30-21(13-29-19)32-23(33)18-11-28-9-8-15(18)2/h3-13H,1-2H3,(H,30,32,33). The van der Waals surface area contributed by atoms with Crippen LogP contribution >= 0.6 is 0 Å². The summed E-state index contributed by atoms with van der Waals surface area (Å²) in [6.45, 7) is 3.66. The van der Waals surface area contributed by atoms with Gasteiger partial charge in [-0.3, -0.25) is 14.8 Å². The van der Waals surface area contributed by atoms with Crippen molar-refractivity contribution in [1.29, 1.82) is 0 Å². The number of carbonyl (C=O) groups excluding carboxylic acids is 1. The van der Waals surface area contributed by atoms with Gasteiger partial charge in [-0.15, -0.1) is 0 Å². The fraction of sp³-hybridized carbons (Fsp3) is 0.125. The first-order valence-electron chi connectivity index (χ1n) is 10.1. The third-order valence-electron chi connectivity index (χ3n) is 4.90. The van der Waals surface area contributed by atoms with Gasteiger partial charge in [0.1, 0.15) is 11.4 Å². The van der Waals surface area contributed by atoms with Crippen LogP contribution in [0.5, 0.6) is 11.6 Å². The van der Waals surface area contributed by atoms with E-state index in [1.807, 2.05) is 6.92 Å². The molecule has 7 nitrogen and oxygen atoms in total. The summed E-state index contributed by atoms with van der Waals surface area (Å²) < 4.78 is 44.3. The molecular formula is C24H18F3N5O2. The molecule has 34 heavy (non-hydrogen) atoms. The summed E-state index contributed by atoms with van der Waals surface area (Å²) in [7, 11) is 0. The highest BCUT2D eigenvalue weighted by atomic mass is 19.4. The number of benzene rings is 1. The van der Waals surface area contributed by atoms with E-state index in [-0.39, 0.29) is 17.6 Å². The largest absolute Gasteiger partial charge is 0.439 e. The molecule has 0 spiro atoms. The van der Waals surface area contributed by atoms with Crippen LogP contribution in [0.15, 0.2) is 67.3 Å². The number of aromatic nitrogens is 4. The van der Waals surface area contributed by atoms with E-state index < -0.39 is 11.9 Å². The first-order chi connectivity index (χ1) is 16.2. The highest BCUT2D eigenvalue weighted by Crippen LogP contribution is 2.31. The molecule has 0 atom stereocenters. The fourth-order valence-corrected chi connectivity index (χ4v) is 3.11. The van der Waals surface area contributed by atoms with Crippen molar-refractivity contribution >= 4 is 11.7 Å². The predicted molar refractivity (Wildman–Crippen MR) is 118 cm³/mol. The Labute approximate surface area is 192 Å². The van der Waals surface area contributed by atoms with E-state index in [1.54, 1.807) is 37.4 Å². The summed E-state index contributed by atoms with van der Waals surface area (Å²) in [5, 5.41) is 2.68. The molecule has 0 aliphatic carbocycles. The highest BCUT2D eigenvalue weighted by molar-refractivity contribution is 6.04. The second-order valence-electron chi connectivity index (χ2n) is 7.37. The SMILES string of the molecule is Cc1ccncc1C(=O)Nc1cnc(-c2cc(Oc3cccc(C(F)(F)F)n3)ccc2C)cn1. The monoisotopic (exact) mass is 465 g/mol. The summed E-state index contributed by atoms with van der Waals surface area (Å²) in [5.74, 6) is 0.0150. The molecule has 0 aliphatic rings. The minimum absolute atomic E-state index is 0.181. The van der Waals surface area contributed by atoms with E-state index in [0.717, 1.165) is 17.2 Å². The highest BCUT2D eigenvalue weighted by Gasteiger charge is 2.32. The first-order valence-corrected chi connectivity index (χ1v) is 10.1. The first kappa shape index (κ1) is 22.8. The van der Waals surface area contributed by atoms with Crippen molar-refractivity contribution in [3.05, 3.63) is 89.6 Å². The molecule has 0 aliphatic heterocycles. The van der Waals surface area contributed by atoms with Gasteiger partial charge in [0.05, 0.1) is 23.7 Å². The zero-order valence-electron chi connectivity index (χ0n) is 18.1. The third-order valence-corrected chi connectivity index (χ3v) is 4.90. The average molecular weight is 465 g/mol. The number of amides is 1. The lowest BCUT2D eigenvalue weighted by atomic mass is 10.1. The smallest absolute Gasteiger partial charge is 0.433 e. The van der Waals surface area contributed by atoms with Gasteiger partial charge in [0.15, 0.2) is 5.82 Å². The molecule has 3 aromatic heterocycles. The molecule has 0 saturated carbocycles. The van der Waals surface area contributed by atoms with Crippen LogP contribution in [0.2, 0.25) is 0 Å².